The molecule has 0 bridgehead atoms. The van der Waals surface area contributed by atoms with Gasteiger partial charge in [-0.05, 0) is 56.4 Å². The molecule has 0 aliphatic heterocycles. The summed E-state index contributed by atoms with van der Waals surface area (Å²) >= 11 is 0. The smallest absolute Gasteiger partial charge is 0.243 e. The van der Waals surface area contributed by atoms with Gasteiger partial charge in [0, 0.05) is 25.6 Å². The maximum Gasteiger partial charge on any atom is 0.243 e. The summed E-state index contributed by atoms with van der Waals surface area (Å²) in [4.78, 5) is 28.1. The summed E-state index contributed by atoms with van der Waals surface area (Å²) in [6.45, 7) is 7.92. The number of amides is 2. The molecular formula is C27H38FN3O4S. The summed E-state index contributed by atoms with van der Waals surface area (Å²) in [5.74, 6) is -1.12. The van der Waals surface area contributed by atoms with E-state index in [9.17, 15) is 22.4 Å². The van der Waals surface area contributed by atoms with Crippen molar-refractivity contribution in [1.29, 1.82) is 0 Å². The maximum atomic E-state index is 14.3. The van der Waals surface area contributed by atoms with E-state index in [4.69, 9.17) is 0 Å². The summed E-state index contributed by atoms with van der Waals surface area (Å²) < 4.78 is 40.0. The SMILES string of the molecule is CCC(C)NC(=O)C(CC)N(Cc1ccccc1C)C(=O)CCCN(c1ccccc1F)S(C)(=O)=O. The first kappa shape index (κ1) is 29.3. The molecule has 2 amide bonds. The molecule has 9 heteroatoms. The van der Waals surface area contributed by atoms with Crippen LogP contribution in [0.3, 0.4) is 0 Å². The van der Waals surface area contributed by atoms with E-state index in [0.29, 0.717) is 6.42 Å². The van der Waals surface area contributed by atoms with Crippen molar-refractivity contribution in [1.82, 2.24) is 10.2 Å². The van der Waals surface area contributed by atoms with Gasteiger partial charge < -0.3 is 10.2 Å². The Hall–Kier alpha value is -2.94. The number of anilines is 1. The molecule has 2 rings (SSSR count). The quantitative estimate of drug-likeness (QED) is 0.425. The van der Waals surface area contributed by atoms with E-state index < -0.39 is 21.9 Å². The molecule has 2 atom stereocenters. The van der Waals surface area contributed by atoms with Gasteiger partial charge in [0.2, 0.25) is 21.8 Å². The highest BCUT2D eigenvalue weighted by Crippen LogP contribution is 2.23. The molecular weight excluding hydrogens is 481 g/mol. The van der Waals surface area contributed by atoms with Gasteiger partial charge in [0.25, 0.3) is 0 Å². The zero-order chi connectivity index (χ0) is 26.9. The van der Waals surface area contributed by atoms with E-state index >= 15 is 0 Å². The minimum Gasteiger partial charge on any atom is -0.352 e. The molecule has 2 unspecified atom stereocenters. The number of sulfonamides is 1. The van der Waals surface area contributed by atoms with Crippen molar-refractivity contribution < 1.29 is 22.4 Å². The summed E-state index contributed by atoms with van der Waals surface area (Å²) in [7, 11) is -3.76. The van der Waals surface area contributed by atoms with Crippen LogP contribution in [0.1, 0.15) is 57.6 Å². The lowest BCUT2D eigenvalue weighted by Gasteiger charge is -2.32. The van der Waals surface area contributed by atoms with Crippen molar-refractivity contribution in [3.63, 3.8) is 0 Å². The van der Waals surface area contributed by atoms with Gasteiger partial charge in [0.15, 0.2) is 0 Å². The highest BCUT2D eigenvalue weighted by molar-refractivity contribution is 7.92. The van der Waals surface area contributed by atoms with Crippen LogP contribution in [0.15, 0.2) is 48.5 Å². The van der Waals surface area contributed by atoms with E-state index in [1.807, 2.05) is 52.0 Å². The predicted molar refractivity (Wildman–Crippen MR) is 142 cm³/mol. The Bertz CT molecular complexity index is 1140. The molecule has 0 fully saturated rings. The average Bonchev–Trinajstić information content (AvgIpc) is 2.82. The van der Waals surface area contributed by atoms with Gasteiger partial charge in [-0.1, -0.05) is 50.2 Å². The number of nitrogens with one attached hydrogen (secondary N) is 1. The number of hydrogen-bond acceptors (Lipinski definition) is 4. The molecule has 36 heavy (non-hydrogen) atoms. The highest BCUT2D eigenvalue weighted by atomic mass is 32.2. The normalized spacial score (nSPS) is 13.1. The first-order valence-corrected chi connectivity index (χ1v) is 14.2. The molecule has 2 aromatic carbocycles. The van der Waals surface area contributed by atoms with E-state index in [2.05, 4.69) is 5.32 Å². The van der Waals surface area contributed by atoms with Gasteiger partial charge in [-0.15, -0.1) is 0 Å². The second-order valence-electron chi connectivity index (χ2n) is 9.08. The number of para-hydroxylation sites is 1. The summed E-state index contributed by atoms with van der Waals surface area (Å²) in [6.07, 6.45) is 2.40. The van der Waals surface area contributed by atoms with Crippen molar-refractivity contribution in [2.24, 2.45) is 0 Å². The Balaban J connectivity index is 2.25. The Kier molecular flexibility index (Phi) is 10.9. The molecule has 0 aliphatic rings. The minimum atomic E-state index is -3.76. The number of benzene rings is 2. The summed E-state index contributed by atoms with van der Waals surface area (Å²) in [5.41, 5.74) is 1.89. The van der Waals surface area contributed by atoms with Crippen LogP contribution in [0.4, 0.5) is 10.1 Å². The Morgan fingerprint density at radius 3 is 2.25 bits per heavy atom. The van der Waals surface area contributed by atoms with E-state index in [0.717, 1.165) is 28.1 Å². The number of halogens is 1. The second kappa shape index (κ2) is 13.4. The van der Waals surface area contributed by atoms with Gasteiger partial charge in [-0.2, -0.15) is 0 Å². The molecule has 0 spiro atoms. The van der Waals surface area contributed by atoms with Gasteiger partial charge in [-0.3, -0.25) is 13.9 Å². The molecule has 0 aromatic heterocycles. The second-order valence-corrected chi connectivity index (χ2v) is 11.0. The highest BCUT2D eigenvalue weighted by Gasteiger charge is 2.30. The minimum absolute atomic E-state index is 0.0134. The van der Waals surface area contributed by atoms with Crippen molar-refractivity contribution in [2.45, 2.75) is 72.0 Å². The van der Waals surface area contributed by atoms with Crippen LogP contribution in [-0.4, -0.2) is 50.0 Å². The number of nitrogens with zero attached hydrogens (tertiary/aromatic N) is 2. The van der Waals surface area contributed by atoms with Crippen molar-refractivity contribution in [2.75, 3.05) is 17.1 Å². The Morgan fingerprint density at radius 1 is 1.03 bits per heavy atom. The third-order valence-electron chi connectivity index (χ3n) is 6.26. The fraction of sp³-hybridized carbons (Fsp3) is 0.481. The number of carbonyl (C=O) groups is 2. The lowest BCUT2D eigenvalue weighted by atomic mass is 10.0. The van der Waals surface area contributed by atoms with Crippen LogP contribution in [-0.2, 0) is 26.2 Å². The van der Waals surface area contributed by atoms with Crippen molar-refractivity contribution >= 4 is 27.5 Å². The number of carbonyl (C=O) groups excluding carboxylic acids is 2. The molecule has 0 saturated heterocycles. The van der Waals surface area contributed by atoms with Gasteiger partial charge in [0.1, 0.15) is 11.9 Å². The largest absolute Gasteiger partial charge is 0.352 e. The first-order valence-electron chi connectivity index (χ1n) is 12.4. The monoisotopic (exact) mass is 519 g/mol. The van der Waals surface area contributed by atoms with Gasteiger partial charge in [0.05, 0.1) is 11.9 Å². The van der Waals surface area contributed by atoms with Gasteiger partial charge >= 0.3 is 0 Å². The van der Waals surface area contributed by atoms with E-state index in [1.54, 1.807) is 11.0 Å². The summed E-state index contributed by atoms with van der Waals surface area (Å²) in [5, 5.41) is 2.98. The molecule has 1 N–H and O–H groups in total. The number of hydrogen-bond donors (Lipinski definition) is 1. The lowest BCUT2D eigenvalue weighted by molar-refractivity contribution is -0.141. The molecule has 0 radical (unpaired) electrons. The van der Waals surface area contributed by atoms with Crippen LogP contribution >= 0.6 is 0 Å². The molecule has 7 nitrogen and oxygen atoms in total. The van der Waals surface area contributed by atoms with E-state index in [1.165, 1.54) is 18.2 Å². The van der Waals surface area contributed by atoms with Crippen molar-refractivity contribution in [3.8, 4) is 0 Å². The number of rotatable bonds is 13. The third kappa shape index (κ3) is 8.05. The van der Waals surface area contributed by atoms with Gasteiger partial charge in [-0.25, -0.2) is 12.8 Å². The van der Waals surface area contributed by atoms with Crippen molar-refractivity contribution in [3.05, 3.63) is 65.5 Å². The molecule has 0 heterocycles. The predicted octanol–water partition coefficient (Wildman–Crippen LogP) is 4.40. The van der Waals surface area contributed by atoms with Crippen LogP contribution in [0.5, 0.6) is 0 Å². The zero-order valence-corrected chi connectivity index (χ0v) is 22.6. The number of aryl methyl sites for hydroxylation is 1. The van der Waals surface area contributed by atoms with Crippen LogP contribution < -0.4 is 9.62 Å². The Morgan fingerprint density at radius 2 is 1.67 bits per heavy atom. The Labute approximate surface area is 214 Å². The molecule has 0 saturated carbocycles. The van der Waals surface area contributed by atoms with Crippen LogP contribution in [0.25, 0.3) is 0 Å². The fourth-order valence-electron chi connectivity index (χ4n) is 3.97. The van der Waals surface area contributed by atoms with Crippen LogP contribution in [0, 0.1) is 12.7 Å². The van der Waals surface area contributed by atoms with E-state index in [-0.39, 0.29) is 49.5 Å². The average molecular weight is 520 g/mol. The molecule has 2 aromatic rings. The summed E-state index contributed by atoms with van der Waals surface area (Å²) in [6, 6.07) is 12.7. The third-order valence-corrected chi connectivity index (χ3v) is 7.44. The van der Waals surface area contributed by atoms with Crippen LogP contribution in [0.2, 0.25) is 0 Å². The first-order chi connectivity index (χ1) is 17.0. The molecule has 0 aliphatic carbocycles. The lowest BCUT2D eigenvalue weighted by Crippen LogP contribution is -2.50. The molecule has 198 valence electrons. The maximum absolute atomic E-state index is 14.3. The fourth-order valence-corrected chi connectivity index (χ4v) is 4.93. The topological polar surface area (TPSA) is 86.8 Å². The standard InChI is InChI=1S/C27H38FN3O4S/c1-6-21(4)29-27(33)24(7-2)30(19-22-14-9-8-13-20(22)3)26(32)17-12-18-31(36(5,34)35)25-16-11-10-15-23(25)28/h8-11,13-16,21,24H,6-7,12,17-19H2,1-5H3,(H,29,33). The zero-order valence-electron chi connectivity index (χ0n) is 21.8.